The topological polar surface area (TPSA) is 55.8 Å². The van der Waals surface area contributed by atoms with Gasteiger partial charge in [-0.15, -0.1) is 13.2 Å². The second kappa shape index (κ2) is 9.49. The van der Waals surface area contributed by atoms with Crippen molar-refractivity contribution in [2.45, 2.75) is 38.7 Å². The summed E-state index contributed by atoms with van der Waals surface area (Å²) in [6.45, 7) is 2.08. The van der Waals surface area contributed by atoms with Gasteiger partial charge in [0.25, 0.3) is 0 Å². The molecular formula is C21H20F6O4. The van der Waals surface area contributed by atoms with E-state index in [0.29, 0.717) is 5.56 Å². The molecule has 0 fully saturated rings. The lowest BCUT2D eigenvalue weighted by Gasteiger charge is -2.19. The third-order valence-corrected chi connectivity index (χ3v) is 4.20. The summed E-state index contributed by atoms with van der Waals surface area (Å²) in [5, 5.41) is 9.56. The van der Waals surface area contributed by atoms with Crippen LogP contribution in [0.25, 0.3) is 11.1 Å². The number of carbonyl (C=O) groups is 1. The lowest BCUT2D eigenvalue weighted by Crippen LogP contribution is -2.19. The quantitative estimate of drug-likeness (QED) is 0.473. The summed E-state index contributed by atoms with van der Waals surface area (Å²) in [5.74, 6) is -2.67. The molecule has 170 valence electrons. The summed E-state index contributed by atoms with van der Waals surface area (Å²) in [7, 11) is 0. The van der Waals surface area contributed by atoms with Crippen molar-refractivity contribution in [2.75, 3.05) is 6.61 Å². The van der Waals surface area contributed by atoms with Gasteiger partial charge in [-0.25, -0.2) is 0 Å². The third-order valence-electron chi connectivity index (χ3n) is 4.20. The predicted octanol–water partition coefficient (Wildman–Crippen LogP) is 6.41. The minimum absolute atomic E-state index is 0.0320. The van der Waals surface area contributed by atoms with Gasteiger partial charge in [-0.1, -0.05) is 32.0 Å². The van der Waals surface area contributed by atoms with Gasteiger partial charge < -0.3 is 14.6 Å². The summed E-state index contributed by atoms with van der Waals surface area (Å²) >= 11 is 0. The first-order chi connectivity index (χ1) is 14.2. The summed E-state index contributed by atoms with van der Waals surface area (Å²) in [4.78, 5) is 11.7. The van der Waals surface area contributed by atoms with Gasteiger partial charge in [-0.2, -0.15) is 13.2 Å². The highest BCUT2D eigenvalue weighted by Crippen LogP contribution is 2.37. The summed E-state index contributed by atoms with van der Waals surface area (Å²) in [5.41, 5.74) is 0.698. The van der Waals surface area contributed by atoms with Crippen LogP contribution < -0.4 is 9.47 Å². The zero-order valence-electron chi connectivity index (χ0n) is 16.6. The van der Waals surface area contributed by atoms with Gasteiger partial charge in [-0.05, 0) is 47.7 Å². The molecule has 0 aliphatic carbocycles. The zero-order valence-corrected chi connectivity index (χ0v) is 16.6. The Morgan fingerprint density at radius 2 is 1.61 bits per heavy atom. The van der Waals surface area contributed by atoms with Crippen LogP contribution in [0.4, 0.5) is 26.3 Å². The molecule has 1 unspecified atom stereocenters. The maximum atomic E-state index is 12.6. The van der Waals surface area contributed by atoms with E-state index in [2.05, 4.69) is 4.74 Å². The Bertz CT molecular complexity index is 888. The molecule has 2 aromatic carbocycles. The van der Waals surface area contributed by atoms with Crippen molar-refractivity contribution < 1.29 is 45.7 Å². The molecule has 0 aromatic heterocycles. The molecule has 0 bridgehead atoms. The van der Waals surface area contributed by atoms with E-state index in [1.54, 1.807) is 0 Å². The van der Waals surface area contributed by atoms with Crippen LogP contribution in [0, 0.1) is 5.92 Å². The van der Waals surface area contributed by atoms with Crippen molar-refractivity contribution in [3.63, 3.8) is 0 Å². The minimum Gasteiger partial charge on any atom is -0.483 e. The lowest BCUT2D eigenvalue weighted by molar-refractivity contribution is -0.274. The molecule has 0 saturated carbocycles. The molecule has 0 amide bonds. The van der Waals surface area contributed by atoms with Crippen molar-refractivity contribution in [1.82, 2.24) is 0 Å². The zero-order chi connectivity index (χ0) is 23.4. The molecule has 0 aliphatic rings. The van der Waals surface area contributed by atoms with Crippen LogP contribution in [0.1, 0.15) is 31.7 Å². The molecule has 0 radical (unpaired) electrons. The van der Waals surface area contributed by atoms with Crippen LogP contribution in [0.5, 0.6) is 11.5 Å². The lowest BCUT2D eigenvalue weighted by atomic mass is 9.88. The standard InChI is InChI=1S/C21H20F6O4/c1-12(2)9-17(19(28)29)14-5-8-18(30-11-20(22,23)24)16(10-14)13-3-6-15(7-4-13)31-21(25,26)27/h3-8,10,12,17H,9,11H2,1-2H3,(H,28,29). The highest BCUT2D eigenvalue weighted by molar-refractivity contribution is 5.79. The van der Waals surface area contributed by atoms with E-state index in [0.717, 1.165) is 12.1 Å². The second-order valence-corrected chi connectivity index (χ2v) is 7.25. The average Bonchev–Trinajstić information content (AvgIpc) is 2.63. The Hall–Kier alpha value is -2.91. The van der Waals surface area contributed by atoms with Gasteiger partial charge in [0.1, 0.15) is 11.5 Å². The number of hydrogen-bond acceptors (Lipinski definition) is 3. The van der Waals surface area contributed by atoms with E-state index in [1.807, 2.05) is 13.8 Å². The van der Waals surface area contributed by atoms with E-state index < -0.39 is 36.8 Å². The molecule has 2 aromatic rings. The Morgan fingerprint density at radius 1 is 1.00 bits per heavy atom. The number of halogens is 6. The molecule has 4 nitrogen and oxygen atoms in total. The van der Waals surface area contributed by atoms with Gasteiger partial charge in [0.2, 0.25) is 0 Å². The van der Waals surface area contributed by atoms with Crippen molar-refractivity contribution >= 4 is 5.97 Å². The molecule has 1 atom stereocenters. The summed E-state index contributed by atoms with van der Waals surface area (Å²) < 4.78 is 83.6. The van der Waals surface area contributed by atoms with Crippen molar-refractivity contribution in [2.24, 2.45) is 5.92 Å². The fraction of sp³-hybridized carbons (Fsp3) is 0.381. The molecule has 0 saturated heterocycles. The SMILES string of the molecule is CC(C)CC(C(=O)O)c1ccc(OCC(F)(F)F)c(-c2ccc(OC(F)(F)F)cc2)c1. The Kier molecular flexibility index (Phi) is 7.45. The third kappa shape index (κ3) is 7.69. The first-order valence-electron chi connectivity index (χ1n) is 9.17. The van der Waals surface area contributed by atoms with Gasteiger partial charge in [0.15, 0.2) is 6.61 Å². The van der Waals surface area contributed by atoms with Crippen LogP contribution in [0.3, 0.4) is 0 Å². The van der Waals surface area contributed by atoms with E-state index in [9.17, 15) is 36.2 Å². The smallest absolute Gasteiger partial charge is 0.483 e. The van der Waals surface area contributed by atoms with Crippen LogP contribution in [0.2, 0.25) is 0 Å². The van der Waals surface area contributed by atoms with Crippen molar-refractivity contribution in [1.29, 1.82) is 0 Å². The van der Waals surface area contributed by atoms with Crippen LogP contribution in [-0.2, 0) is 4.79 Å². The van der Waals surface area contributed by atoms with Gasteiger partial charge >= 0.3 is 18.5 Å². The number of rotatable bonds is 8. The van der Waals surface area contributed by atoms with E-state index in [4.69, 9.17) is 4.74 Å². The molecule has 2 rings (SSSR count). The van der Waals surface area contributed by atoms with E-state index in [1.165, 1.54) is 30.3 Å². The van der Waals surface area contributed by atoms with Crippen LogP contribution in [-0.4, -0.2) is 30.2 Å². The summed E-state index contributed by atoms with van der Waals surface area (Å²) in [6.07, 6.45) is -9.22. The maximum Gasteiger partial charge on any atom is 0.573 e. The normalized spacial score (nSPS) is 13.2. The fourth-order valence-corrected chi connectivity index (χ4v) is 2.96. The number of ether oxygens (including phenoxy) is 2. The number of benzene rings is 2. The fourth-order valence-electron chi connectivity index (χ4n) is 2.96. The number of aliphatic carboxylic acids is 1. The molecule has 1 N–H and O–H groups in total. The number of alkyl halides is 6. The van der Waals surface area contributed by atoms with Gasteiger partial charge in [0.05, 0.1) is 5.92 Å². The molecule has 10 heteroatoms. The first-order valence-corrected chi connectivity index (χ1v) is 9.17. The van der Waals surface area contributed by atoms with E-state index >= 15 is 0 Å². The maximum absolute atomic E-state index is 12.6. The Balaban J connectivity index is 2.48. The summed E-state index contributed by atoms with van der Waals surface area (Å²) in [6, 6.07) is 8.44. The molecule has 0 aliphatic heterocycles. The number of carboxylic acid groups (broad SMARTS) is 1. The van der Waals surface area contributed by atoms with Crippen LogP contribution >= 0.6 is 0 Å². The van der Waals surface area contributed by atoms with Gasteiger partial charge in [-0.3, -0.25) is 4.79 Å². The molecule has 31 heavy (non-hydrogen) atoms. The van der Waals surface area contributed by atoms with Crippen molar-refractivity contribution in [3.8, 4) is 22.6 Å². The first kappa shape index (κ1) is 24.4. The van der Waals surface area contributed by atoms with Crippen molar-refractivity contribution in [3.05, 3.63) is 48.0 Å². The molecular weight excluding hydrogens is 430 g/mol. The second-order valence-electron chi connectivity index (χ2n) is 7.25. The number of hydrogen-bond donors (Lipinski definition) is 1. The van der Waals surface area contributed by atoms with Crippen LogP contribution in [0.15, 0.2) is 42.5 Å². The van der Waals surface area contributed by atoms with E-state index in [-0.39, 0.29) is 29.2 Å². The predicted molar refractivity (Wildman–Crippen MR) is 99.9 cm³/mol. The van der Waals surface area contributed by atoms with Gasteiger partial charge in [0, 0.05) is 5.56 Å². The monoisotopic (exact) mass is 450 g/mol. The Labute approximate surface area is 174 Å². The highest BCUT2D eigenvalue weighted by Gasteiger charge is 2.31. The molecule has 0 heterocycles. The number of carboxylic acids is 1. The molecule has 0 spiro atoms. The Morgan fingerprint density at radius 3 is 2.10 bits per heavy atom. The highest BCUT2D eigenvalue weighted by atomic mass is 19.4. The minimum atomic E-state index is -4.89. The average molecular weight is 450 g/mol. The largest absolute Gasteiger partial charge is 0.573 e.